The van der Waals surface area contributed by atoms with Gasteiger partial charge in [0.25, 0.3) is 5.91 Å². The fourth-order valence-corrected chi connectivity index (χ4v) is 3.17. The summed E-state index contributed by atoms with van der Waals surface area (Å²) in [6, 6.07) is 10.4. The van der Waals surface area contributed by atoms with Crippen LogP contribution >= 0.6 is 11.6 Å². The zero-order valence-corrected chi connectivity index (χ0v) is 14.9. The molecule has 1 aliphatic heterocycles. The standard InChI is InChI=1S/C19H19ClN2O3/c1-12-10-14(6-7-16(12)22-9-3-4-18(22)23)21-19(24)15-11-13(20)5-8-17(15)25-2/h5-8,10-11H,3-4,9H2,1-2H3,(H,21,24). The number of hydrogen-bond acceptors (Lipinski definition) is 3. The highest BCUT2D eigenvalue weighted by atomic mass is 35.5. The number of benzene rings is 2. The first-order valence-electron chi connectivity index (χ1n) is 8.05. The van der Waals surface area contributed by atoms with Crippen molar-refractivity contribution in [2.24, 2.45) is 0 Å². The summed E-state index contributed by atoms with van der Waals surface area (Å²) in [7, 11) is 1.51. The molecule has 6 heteroatoms. The first-order chi connectivity index (χ1) is 12.0. The van der Waals surface area contributed by atoms with Gasteiger partial charge in [0.2, 0.25) is 5.91 Å². The second kappa shape index (κ2) is 7.15. The average molecular weight is 359 g/mol. The number of hydrogen-bond donors (Lipinski definition) is 1. The summed E-state index contributed by atoms with van der Waals surface area (Å²) in [5, 5.41) is 3.31. The van der Waals surface area contributed by atoms with Gasteiger partial charge in [0.05, 0.1) is 12.7 Å². The van der Waals surface area contributed by atoms with Crippen molar-refractivity contribution in [2.45, 2.75) is 19.8 Å². The van der Waals surface area contributed by atoms with Gasteiger partial charge in [0.15, 0.2) is 0 Å². The van der Waals surface area contributed by atoms with Crippen LogP contribution in [0.5, 0.6) is 5.75 Å². The first-order valence-corrected chi connectivity index (χ1v) is 8.43. The van der Waals surface area contributed by atoms with Crippen molar-refractivity contribution in [1.29, 1.82) is 0 Å². The van der Waals surface area contributed by atoms with E-state index in [0.29, 0.717) is 28.4 Å². The van der Waals surface area contributed by atoms with Crippen LogP contribution < -0.4 is 15.0 Å². The largest absolute Gasteiger partial charge is 0.496 e. The summed E-state index contributed by atoms with van der Waals surface area (Å²) in [6.45, 7) is 2.67. The second-order valence-electron chi connectivity index (χ2n) is 5.95. The van der Waals surface area contributed by atoms with E-state index in [9.17, 15) is 9.59 Å². The lowest BCUT2D eigenvalue weighted by Crippen LogP contribution is -2.24. The molecular formula is C19H19ClN2O3. The number of ether oxygens (including phenoxy) is 1. The quantitative estimate of drug-likeness (QED) is 0.897. The summed E-state index contributed by atoms with van der Waals surface area (Å²) in [5.74, 6) is 0.296. The third-order valence-electron chi connectivity index (χ3n) is 4.23. The monoisotopic (exact) mass is 358 g/mol. The van der Waals surface area contributed by atoms with E-state index in [0.717, 1.165) is 24.2 Å². The number of halogens is 1. The van der Waals surface area contributed by atoms with E-state index in [1.54, 1.807) is 29.2 Å². The van der Waals surface area contributed by atoms with E-state index in [1.807, 2.05) is 19.1 Å². The van der Waals surface area contributed by atoms with Gasteiger partial charge in [-0.1, -0.05) is 11.6 Å². The van der Waals surface area contributed by atoms with Crippen LogP contribution in [0.3, 0.4) is 0 Å². The number of carbonyl (C=O) groups excluding carboxylic acids is 2. The van der Waals surface area contributed by atoms with Crippen molar-refractivity contribution in [1.82, 2.24) is 0 Å². The van der Waals surface area contributed by atoms with Crippen LogP contribution in [-0.4, -0.2) is 25.5 Å². The summed E-state index contributed by atoms with van der Waals surface area (Å²) in [4.78, 5) is 26.2. The molecule has 0 saturated carbocycles. The van der Waals surface area contributed by atoms with Gasteiger partial charge in [-0.3, -0.25) is 9.59 Å². The van der Waals surface area contributed by atoms with Crippen LogP contribution in [0.4, 0.5) is 11.4 Å². The maximum absolute atomic E-state index is 12.5. The summed E-state index contributed by atoms with van der Waals surface area (Å²) in [5.41, 5.74) is 2.85. The van der Waals surface area contributed by atoms with Crippen LogP contribution in [-0.2, 0) is 4.79 Å². The minimum absolute atomic E-state index is 0.142. The lowest BCUT2D eigenvalue weighted by Gasteiger charge is -2.19. The van der Waals surface area contributed by atoms with E-state index in [1.165, 1.54) is 7.11 Å². The fourth-order valence-electron chi connectivity index (χ4n) is 2.99. The van der Waals surface area contributed by atoms with Gasteiger partial charge in [0, 0.05) is 29.4 Å². The fraction of sp³-hybridized carbons (Fsp3) is 0.263. The molecule has 2 amide bonds. The highest BCUT2D eigenvalue weighted by molar-refractivity contribution is 6.31. The molecular weight excluding hydrogens is 340 g/mol. The molecule has 0 radical (unpaired) electrons. The van der Waals surface area contributed by atoms with Crippen molar-refractivity contribution in [2.75, 3.05) is 23.9 Å². The van der Waals surface area contributed by atoms with Gasteiger partial charge in [0.1, 0.15) is 5.75 Å². The predicted octanol–water partition coefficient (Wildman–Crippen LogP) is 4.04. The lowest BCUT2D eigenvalue weighted by molar-refractivity contribution is -0.117. The maximum atomic E-state index is 12.5. The van der Waals surface area contributed by atoms with Crippen molar-refractivity contribution < 1.29 is 14.3 Å². The van der Waals surface area contributed by atoms with Gasteiger partial charge < -0.3 is 15.0 Å². The topological polar surface area (TPSA) is 58.6 Å². The van der Waals surface area contributed by atoms with E-state index in [-0.39, 0.29) is 11.8 Å². The van der Waals surface area contributed by atoms with E-state index < -0.39 is 0 Å². The van der Waals surface area contributed by atoms with Crippen molar-refractivity contribution in [3.05, 3.63) is 52.5 Å². The summed E-state index contributed by atoms with van der Waals surface area (Å²) in [6.07, 6.45) is 1.47. The molecule has 3 rings (SSSR count). The van der Waals surface area contributed by atoms with Crippen LogP contribution in [0.1, 0.15) is 28.8 Å². The number of aryl methyl sites for hydroxylation is 1. The molecule has 2 aromatic rings. The minimum Gasteiger partial charge on any atom is -0.496 e. The number of carbonyl (C=O) groups is 2. The van der Waals surface area contributed by atoms with E-state index in [4.69, 9.17) is 16.3 Å². The number of anilines is 2. The molecule has 0 unspecified atom stereocenters. The van der Waals surface area contributed by atoms with E-state index in [2.05, 4.69) is 5.32 Å². The highest BCUT2D eigenvalue weighted by Gasteiger charge is 2.23. The second-order valence-corrected chi connectivity index (χ2v) is 6.39. The molecule has 25 heavy (non-hydrogen) atoms. The number of nitrogens with zero attached hydrogens (tertiary/aromatic N) is 1. The molecule has 1 saturated heterocycles. The summed E-state index contributed by atoms with van der Waals surface area (Å²) < 4.78 is 5.22. The van der Waals surface area contributed by atoms with Crippen LogP contribution in [0.25, 0.3) is 0 Å². The van der Waals surface area contributed by atoms with Crippen LogP contribution in [0.2, 0.25) is 5.02 Å². The Labute approximate surface area is 151 Å². The van der Waals surface area contributed by atoms with Crippen LogP contribution in [0, 0.1) is 6.92 Å². The van der Waals surface area contributed by atoms with Crippen molar-refractivity contribution in [3.8, 4) is 5.75 Å². The molecule has 1 heterocycles. The molecule has 0 aromatic heterocycles. The Bertz CT molecular complexity index is 835. The molecule has 130 valence electrons. The van der Waals surface area contributed by atoms with Gasteiger partial charge in [-0.15, -0.1) is 0 Å². The van der Waals surface area contributed by atoms with E-state index >= 15 is 0 Å². The third-order valence-corrected chi connectivity index (χ3v) is 4.46. The van der Waals surface area contributed by atoms with Crippen molar-refractivity contribution in [3.63, 3.8) is 0 Å². The first kappa shape index (κ1) is 17.3. The number of rotatable bonds is 4. The van der Waals surface area contributed by atoms with Gasteiger partial charge in [-0.2, -0.15) is 0 Å². The molecule has 1 aliphatic rings. The van der Waals surface area contributed by atoms with Crippen molar-refractivity contribution >= 4 is 34.8 Å². The average Bonchev–Trinajstić information content (AvgIpc) is 3.01. The van der Waals surface area contributed by atoms with Gasteiger partial charge >= 0.3 is 0 Å². The number of amides is 2. The van der Waals surface area contributed by atoms with Crippen LogP contribution in [0.15, 0.2) is 36.4 Å². The molecule has 0 spiro atoms. The Morgan fingerprint density at radius 1 is 1.24 bits per heavy atom. The lowest BCUT2D eigenvalue weighted by atomic mass is 10.1. The molecule has 5 nitrogen and oxygen atoms in total. The Morgan fingerprint density at radius 3 is 2.68 bits per heavy atom. The zero-order chi connectivity index (χ0) is 18.0. The minimum atomic E-state index is -0.302. The molecule has 0 atom stereocenters. The Kier molecular flexibility index (Phi) is 4.95. The smallest absolute Gasteiger partial charge is 0.259 e. The third kappa shape index (κ3) is 3.61. The number of nitrogens with one attached hydrogen (secondary N) is 1. The molecule has 1 N–H and O–H groups in total. The molecule has 0 bridgehead atoms. The Morgan fingerprint density at radius 2 is 2.04 bits per heavy atom. The predicted molar refractivity (Wildman–Crippen MR) is 98.7 cm³/mol. The Balaban J connectivity index is 1.82. The maximum Gasteiger partial charge on any atom is 0.259 e. The SMILES string of the molecule is COc1ccc(Cl)cc1C(=O)Nc1ccc(N2CCCC2=O)c(C)c1. The van der Waals surface area contributed by atoms with Gasteiger partial charge in [-0.25, -0.2) is 0 Å². The van der Waals surface area contributed by atoms with Gasteiger partial charge in [-0.05, 0) is 55.3 Å². The molecule has 2 aromatic carbocycles. The normalized spacial score (nSPS) is 13.9. The zero-order valence-electron chi connectivity index (χ0n) is 14.1. The highest BCUT2D eigenvalue weighted by Crippen LogP contribution is 2.28. The summed E-state index contributed by atoms with van der Waals surface area (Å²) >= 11 is 5.98. The molecule has 0 aliphatic carbocycles. The Hall–Kier alpha value is -2.53. The molecule has 1 fully saturated rings. The number of methoxy groups -OCH3 is 1.